The van der Waals surface area contributed by atoms with Gasteiger partial charge < -0.3 is 9.47 Å². The molecule has 0 spiro atoms. The molecule has 1 atom stereocenters. The van der Waals surface area contributed by atoms with E-state index in [1.807, 2.05) is 0 Å². The average molecular weight is 632 g/mol. The molecule has 3 aromatic carbocycles. The lowest BCUT2D eigenvalue weighted by molar-refractivity contribution is -0.141. The van der Waals surface area contributed by atoms with Crippen LogP contribution >= 0.6 is 23.2 Å². The van der Waals surface area contributed by atoms with Crippen molar-refractivity contribution in [2.24, 2.45) is 0 Å². The van der Waals surface area contributed by atoms with Crippen molar-refractivity contribution in [1.82, 2.24) is 0 Å². The normalized spacial score (nSPS) is 15.8. The third kappa shape index (κ3) is 6.63. The fourth-order valence-corrected chi connectivity index (χ4v) is 6.42. The van der Waals surface area contributed by atoms with Gasteiger partial charge in [0.1, 0.15) is 17.7 Å². The van der Waals surface area contributed by atoms with Crippen LogP contribution in [0.4, 0.5) is 23.2 Å². The third-order valence-corrected chi connectivity index (χ3v) is 8.80. The molecular formula is C28H23Cl2F4NO5S. The number of ether oxygens (including phenoxy) is 2. The van der Waals surface area contributed by atoms with E-state index in [9.17, 15) is 30.8 Å². The zero-order valence-corrected chi connectivity index (χ0v) is 24.0. The first kappa shape index (κ1) is 30.7. The molecule has 1 aliphatic rings. The smallest absolute Gasteiger partial charge is 0.416 e. The van der Waals surface area contributed by atoms with Crippen molar-refractivity contribution < 1.29 is 40.2 Å². The molecule has 3 aromatic rings. The van der Waals surface area contributed by atoms with Crippen LogP contribution in [0.15, 0.2) is 59.5 Å². The molecule has 0 saturated carbocycles. The topological polar surface area (TPSA) is 72.9 Å². The minimum absolute atomic E-state index is 0.000176. The molecule has 0 aliphatic carbocycles. The maximum absolute atomic E-state index is 14.5. The van der Waals surface area contributed by atoms with Crippen molar-refractivity contribution in [1.29, 1.82) is 0 Å². The largest absolute Gasteiger partial charge is 0.486 e. The van der Waals surface area contributed by atoms with Crippen molar-refractivity contribution in [3.63, 3.8) is 0 Å². The summed E-state index contributed by atoms with van der Waals surface area (Å²) in [5, 5.41) is 0.277. The van der Waals surface area contributed by atoms with Crippen molar-refractivity contribution in [2.45, 2.75) is 36.9 Å². The Bertz CT molecular complexity index is 1610. The predicted molar refractivity (Wildman–Crippen MR) is 148 cm³/mol. The highest BCUT2D eigenvalue weighted by Crippen LogP contribution is 2.43. The monoisotopic (exact) mass is 631 g/mol. The van der Waals surface area contributed by atoms with Gasteiger partial charge in [-0.3, -0.25) is 9.10 Å². The van der Waals surface area contributed by atoms with Gasteiger partial charge in [0.2, 0.25) is 0 Å². The molecule has 6 nitrogen and oxygen atoms in total. The number of halogens is 6. The summed E-state index contributed by atoms with van der Waals surface area (Å²) >= 11 is 12.7. The Morgan fingerprint density at radius 3 is 2.49 bits per heavy atom. The van der Waals surface area contributed by atoms with E-state index in [1.165, 1.54) is 43.5 Å². The molecule has 4 rings (SSSR count). The maximum Gasteiger partial charge on any atom is 0.416 e. The van der Waals surface area contributed by atoms with E-state index in [1.54, 1.807) is 6.92 Å². The van der Waals surface area contributed by atoms with Crippen LogP contribution in [0.2, 0.25) is 10.0 Å². The summed E-state index contributed by atoms with van der Waals surface area (Å²) in [7, 11) is -3.36. The lowest BCUT2D eigenvalue weighted by Gasteiger charge is -2.36. The zero-order valence-electron chi connectivity index (χ0n) is 21.6. The van der Waals surface area contributed by atoms with Crippen LogP contribution in [0.3, 0.4) is 0 Å². The fourth-order valence-electron chi connectivity index (χ4n) is 4.36. The summed E-state index contributed by atoms with van der Waals surface area (Å²) in [4.78, 5) is 11.1. The number of carbonyl (C=O) groups excluding carboxylic acids is 1. The molecule has 218 valence electrons. The molecule has 1 aliphatic heterocycles. The zero-order chi connectivity index (χ0) is 30.1. The van der Waals surface area contributed by atoms with Gasteiger partial charge in [-0.1, -0.05) is 35.3 Å². The van der Waals surface area contributed by atoms with Gasteiger partial charge in [0, 0.05) is 18.1 Å². The first-order chi connectivity index (χ1) is 19.2. The number of rotatable bonds is 7. The number of alkyl halides is 3. The Morgan fingerprint density at radius 2 is 1.83 bits per heavy atom. The van der Waals surface area contributed by atoms with Crippen molar-refractivity contribution >= 4 is 56.5 Å². The van der Waals surface area contributed by atoms with Crippen LogP contribution in [-0.2, 0) is 25.7 Å². The van der Waals surface area contributed by atoms with Crippen LogP contribution in [0, 0.1) is 5.82 Å². The van der Waals surface area contributed by atoms with Crippen LogP contribution in [-0.4, -0.2) is 34.1 Å². The minimum atomic E-state index is -4.77. The summed E-state index contributed by atoms with van der Waals surface area (Å²) in [5.41, 5.74) is -0.347. The second-order valence-electron chi connectivity index (χ2n) is 9.18. The van der Waals surface area contributed by atoms with E-state index < -0.39 is 44.5 Å². The molecule has 0 amide bonds. The fraction of sp³-hybridized carbons (Fsp3) is 0.250. The van der Waals surface area contributed by atoms with Crippen LogP contribution in [0.25, 0.3) is 11.6 Å². The van der Waals surface area contributed by atoms with E-state index in [2.05, 4.69) is 4.74 Å². The quantitative estimate of drug-likeness (QED) is 0.152. The number of esters is 1. The molecule has 0 radical (unpaired) electrons. The Labute approximate surface area is 244 Å². The third-order valence-electron chi connectivity index (χ3n) is 6.39. The number of hydrogen-bond acceptors (Lipinski definition) is 5. The van der Waals surface area contributed by atoms with Crippen LogP contribution in [0.1, 0.15) is 36.5 Å². The molecule has 0 bridgehead atoms. The molecular weight excluding hydrogens is 609 g/mol. The van der Waals surface area contributed by atoms with Crippen molar-refractivity contribution in [2.75, 3.05) is 18.0 Å². The Balaban J connectivity index is 1.83. The summed E-state index contributed by atoms with van der Waals surface area (Å²) in [6.07, 6.45) is -4.14. The number of allylic oxidation sites excluding steroid dienone is 1. The number of fused-ring (bicyclic) bond motifs is 1. The number of sulfonamides is 1. The van der Waals surface area contributed by atoms with Crippen LogP contribution in [0.5, 0.6) is 5.75 Å². The van der Waals surface area contributed by atoms with E-state index in [4.69, 9.17) is 27.9 Å². The molecule has 0 N–H and O–H groups in total. The van der Waals surface area contributed by atoms with E-state index in [0.29, 0.717) is 11.6 Å². The summed E-state index contributed by atoms with van der Waals surface area (Å²) in [6.45, 7) is 1.28. The number of nitrogens with zero attached hydrogens (tertiary/aromatic N) is 1. The first-order valence-corrected chi connectivity index (χ1v) is 14.3. The van der Waals surface area contributed by atoms with Gasteiger partial charge in [-0.05, 0) is 67.0 Å². The second kappa shape index (κ2) is 11.9. The van der Waals surface area contributed by atoms with E-state index in [-0.39, 0.29) is 52.0 Å². The standard InChI is InChI=1S/C28H23Cl2F4NO5S/c1-16(27-21(29)7-4-8-23(27)31)11-17-12-24-25(14-22(17)30)40-19(9-10-26(36)39-2)15-35(24)41(37,38)20-6-3-5-18(13-20)28(32,33)34/h3-8,11-14,19H,9-10,15H2,1-2H3/t19-/m0/s1. The number of methoxy groups -OCH3 is 1. The molecule has 13 heteroatoms. The van der Waals surface area contributed by atoms with Gasteiger partial charge in [0.15, 0.2) is 0 Å². The maximum atomic E-state index is 14.5. The summed E-state index contributed by atoms with van der Waals surface area (Å²) < 4.78 is 93.8. The molecule has 0 unspecified atom stereocenters. The molecule has 41 heavy (non-hydrogen) atoms. The van der Waals surface area contributed by atoms with Gasteiger partial charge in [-0.2, -0.15) is 13.2 Å². The average Bonchev–Trinajstić information content (AvgIpc) is 2.91. The highest BCUT2D eigenvalue weighted by Gasteiger charge is 2.37. The second-order valence-corrected chi connectivity index (χ2v) is 11.9. The van der Waals surface area contributed by atoms with Gasteiger partial charge in [-0.25, -0.2) is 12.8 Å². The molecule has 0 fully saturated rings. The number of carbonyl (C=O) groups is 1. The van der Waals surface area contributed by atoms with Gasteiger partial charge in [-0.15, -0.1) is 0 Å². The SMILES string of the molecule is COC(=O)CC[C@H]1CN(S(=O)(=O)c2cccc(C(F)(F)F)c2)c2cc(C=C(C)c3c(F)cccc3Cl)c(Cl)cc2O1. The van der Waals surface area contributed by atoms with Gasteiger partial charge in [0.05, 0.1) is 39.8 Å². The molecule has 1 heterocycles. The summed E-state index contributed by atoms with van der Waals surface area (Å²) in [5.74, 6) is -1.09. The number of hydrogen-bond donors (Lipinski definition) is 0. The molecule has 0 aromatic heterocycles. The van der Waals surface area contributed by atoms with E-state index >= 15 is 0 Å². The first-order valence-electron chi connectivity index (χ1n) is 12.1. The summed E-state index contributed by atoms with van der Waals surface area (Å²) in [6, 6.07) is 10.3. The highest BCUT2D eigenvalue weighted by atomic mass is 35.5. The number of benzene rings is 3. The van der Waals surface area contributed by atoms with Gasteiger partial charge >= 0.3 is 12.1 Å². The van der Waals surface area contributed by atoms with Crippen molar-refractivity contribution in [3.8, 4) is 5.75 Å². The number of anilines is 1. The van der Waals surface area contributed by atoms with Crippen molar-refractivity contribution in [3.05, 3.63) is 87.2 Å². The predicted octanol–water partition coefficient (Wildman–Crippen LogP) is 7.62. The van der Waals surface area contributed by atoms with Crippen LogP contribution < -0.4 is 9.04 Å². The lowest BCUT2D eigenvalue weighted by atomic mass is 10.0. The van der Waals surface area contributed by atoms with E-state index in [0.717, 1.165) is 22.5 Å². The molecule has 0 saturated heterocycles. The van der Waals surface area contributed by atoms with Gasteiger partial charge in [0.25, 0.3) is 10.0 Å². The Kier molecular flexibility index (Phi) is 8.91. The minimum Gasteiger partial charge on any atom is -0.486 e. The Hall–Kier alpha value is -3.28. The lowest BCUT2D eigenvalue weighted by Crippen LogP contribution is -2.43. The highest BCUT2D eigenvalue weighted by molar-refractivity contribution is 7.92. The Morgan fingerprint density at radius 1 is 1.12 bits per heavy atom.